The van der Waals surface area contributed by atoms with Gasteiger partial charge in [0.1, 0.15) is 0 Å². The van der Waals surface area contributed by atoms with E-state index >= 15 is 0 Å². The minimum atomic E-state index is -0.420. The molecule has 2 nitrogen and oxygen atoms in total. The minimum absolute atomic E-state index is 0.0770. The summed E-state index contributed by atoms with van der Waals surface area (Å²) in [4.78, 5) is 0. The Balaban J connectivity index is 2.01. The Labute approximate surface area is 130 Å². The number of aryl methyl sites for hydroxylation is 1. The highest BCUT2D eigenvalue weighted by Gasteiger charge is 2.46. The first-order valence-electron chi connectivity index (χ1n) is 7.36. The van der Waals surface area contributed by atoms with E-state index in [9.17, 15) is 5.11 Å². The zero-order valence-corrected chi connectivity index (χ0v) is 12.9. The van der Waals surface area contributed by atoms with Gasteiger partial charge in [-0.25, -0.2) is 0 Å². The first-order chi connectivity index (χ1) is 10.2. The lowest BCUT2D eigenvalue weighted by atomic mass is 9.85. The quantitative estimate of drug-likeness (QED) is 0.860. The van der Waals surface area contributed by atoms with Crippen molar-refractivity contribution in [3.05, 3.63) is 64.7 Å². The molecule has 0 saturated heterocycles. The molecule has 2 aromatic carbocycles. The Kier molecular flexibility index (Phi) is 3.92. The largest absolute Gasteiger partial charge is 0.394 e. The van der Waals surface area contributed by atoms with E-state index in [-0.39, 0.29) is 6.61 Å². The fraction of sp³-hybridized carbons (Fsp3) is 0.333. The molecule has 0 heterocycles. The van der Waals surface area contributed by atoms with Crippen LogP contribution in [0.25, 0.3) is 0 Å². The molecular formula is C18H20ClNO. The standard InChI is InChI=1S/C18H20ClNO/c1-13-4-2-3-5-17(13)20-18(12-21,14-6-7-14)15-8-10-16(19)11-9-15/h2-5,8-11,14,20-21H,6-7,12H2,1H3. The molecule has 1 aliphatic rings. The van der Waals surface area contributed by atoms with E-state index < -0.39 is 5.54 Å². The highest BCUT2D eigenvalue weighted by Crippen LogP contribution is 2.47. The van der Waals surface area contributed by atoms with Crippen molar-refractivity contribution < 1.29 is 5.11 Å². The summed E-state index contributed by atoms with van der Waals surface area (Å²) in [5.74, 6) is 0.461. The number of para-hydroxylation sites is 1. The summed E-state index contributed by atoms with van der Waals surface area (Å²) in [7, 11) is 0. The van der Waals surface area contributed by atoms with Gasteiger partial charge in [-0.3, -0.25) is 0 Å². The molecule has 1 aliphatic carbocycles. The van der Waals surface area contributed by atoms with Crippen LogP contribution in [0.1, 0.15) is 24.0 Å². The average Bonchev–Trinajstić information content (AvgIpc) is 3.33. The van der Waals surface area contributed by atoms with Crippen LogP contribution in [-0.4, -0.2) is 11.7 Å². The van der Waals surface area contributed by atoms with Gasteiger partial charge in [0.15, 0.2) is 0 Å². The second-order valence-corrected chi connectivity index (χ2v) is 6.29. The number of aliphatic hydroxyl groups excluding tert-OH is 1. The first kappa shape index (κ1) is 14.4. The van der Waals surface area contributed by atoms with Crippen LogP contribution in [-0.2, 0) is 5.54 Å². The molecule has 1 unspecified atom stereocenters. The Morgan fingerprint density at radius 2 is 1.81 bits per heavy atom. The summed E-state index contributed by atoms with van der Waals surface area (Å²) in [5, 5.41) is 14.5. The van der Waals surface area contributed by atoms with E-state index in [1.165, 1.54) is 5.56 Å². The lowest BCUT2D eigenvalue weighted by Gasteiger charge is -2.35. The van der Waals surface area contributed by atoms with Crippen molar-refractivity contribution in [1.29, 1.82) is 0 Å². The highest BCUT2D eigenvalue weighted by molar-refractivity contribution is 6.30. The molecule has 0 bridgehead atoms. The summed E-state index contributed by atoms with van der Waals surface area (Å²) >= 11 is 6.00. The maximum absolute atomic E-state index is 10.2. The van der Waals surface area contributed by atoms with E-state index in [1.54, 1.807) is 0 Å². The monoisotopic (exact) mass is 301 g/mol. The molecular weight excluding hydrogens is 282 g/mol. The number of nitrogens with one attached hydrogen (secondary N) is 1. The third-order valence-electron chi connectivity index (χ3n) is 4.39. The second kappa shape index (κ2) is 5.70. The molecule has 3 heteroatoms. The SMILES string of the molecule is Cc1ccccc1NC(CO)(c1ccc(Cl)cc1)C1CC1. The molecule has 21 heavy (non-hydrogen) atoms. The maximum Gasteiger partial charge on any atom is 0.0885 e. The Morgan fingerprint density at radius 1 is 1.14 bits per heavy atom. The first-order valence-corrected chi connectivity index (χ1v) is 7.74. The highest BCUT2D eigenvalue weighted by atomic mass is 35.5. The Hall–Kier alpha value is -1.51. The number of hydrogen-bond donors (Lipinski definition) is 2. The Bertz CT molecular complexity index is 621. The van der Waals surface area contributed by atoms with Crippen LogP contribution in [0.4, 0.5) is 5.69 Å². The van der Waals surface area contributed by atoms with Crippen molar-refractivity contribution in [1.82, 2.24) is 0 Å². The van der Waals surface area contributed by atoms with Gasteiger partial charge in [-0.15, -0.1) is 0 Å². The van der Waals surface area contributed by atoms with Gasteiger partial charge in [0.25, 0.3) is 0 Å². The van der Waals surface area contributed by atoms with Gasteiger partial charge in [-0.2, -0.15) is 0 Å². The molecule has 0 amide bonds. The molecule has 0 spiro atoms. The van der Waals surface area contributed by atoms with Crippen LogP contribution in [0.5, 0.6) is 0 Å². The van der Waals surface area contributed by atoms with Crippen LogP contribution in [0.3, 0.4) is 0 Å². The number of halogens is 1. The molecule has 0 aliphatic heterocycles. The van der Waals surface area contributed by atoms with Crippen LogP contribution in [0.2, 0.25) is 5.02 Å². The predicted octanol–water partition coefficient (Wildman–Crippen LogP) is 4.36. The molecule has 2 aromatic rings. The molecule has 1 atom stereocenters. The topological polar surface area (TPSA) is 32.3 Å². The zero-order valence-electron chi connectivity index (χ0n) is 12.1. The van der Waals surface area contributed by atoms with Crippen molar-refractivity contribution in [2.45, 2.75) is 25.3 Å². The molecule has 3 rings (SSSR count). The lowest BCUT2D eigenvalue weighted by Crippen LogP contribution is -2.41. The summed E-state index contributed by atoms with van der Waals surface area (Å²) in [6.45, 7) is 2.16. The number of anilines is 1. The number of hydrogen-bond acceptors (Lipinski definition) is 2. The van der Waals surface area contributed by atoms with Gasteiger partial charge in [-0.1, -0.05) is 41.9 Å². The molecule has 0 aromatic heterocycles. The van der Waals surface area contributed by atoms with E-state index in [0.29, 0.717) is 5.92 Å². The van der Waals surface area contributed by atoms with Crippen molar-refractivity contribution in [3.8, 4) is 0 Å². The van der Waals surface area contributed by atoms with E-state index in [2.05, 4.69) is 24.4 Å². The number of aliphatic hydroxyl groups is 1. The van der Waals surface area contributed by atoms with E-state index in [0.717, 1.165) is 29.1 Å². The number of rotatable bonds is 5. The van der Waals surface area contributed by atoms with Crippen LogP contribution in [0.15, 0.2) is 48.5 Å². The molecule has 1 saturated carbocycles. The average molecular weight is 302 g/mol. The van der Waals surface area contributed by atoms with Gasteiger partial charge in [0.05, 0.1) is 12.1 Å². The fourth-order valence-corrected chi connectivity index (χ4v) is 3.07. The van der Waals surface area contributed by atoms with Crippen molar-refractivity contribution >= 4 is 17.3 Å². The fourth-order valence-electron chi connectivity index (χ4n) is 2.95. The van der Waals surface area contributed by atoms with Crippen LogP contribution in [0, 0.1) is 12.8 Å². The summed E-state index contributed by atoms with van der Waals surface area (Å²) in [5.41, 5.74) is 2.94. The van der Waals surface area contributed by atoms with Gasteiger partial charge in [0, 0.05) is 10.7 Å². The van der Waals surface area contributed by atoms with E-state index in [1.807, 2.05) is 36.4 Å². The van der Waals surface area contributed by atoms with Crippen LogP contribution >= 0.6 is 11.6 Å². The van der Waals surface area contributed by atoms with Gasteiger partial charge in [-0.05, 0) is 55.0 Å². The van der Waals surface area contributed by atoms with Crippen molar-refractivity contribution in [3.63, 3.8) is 0 Å². The third kappa shape index (κ3) is 2.78. The van der Waals surface area contributed by atoms with E-state index in [4.69, 9.17) is 11.6 Å². The Morgan fingerprint density at radius 3 is 2.38 bits per heavy atom. The molecule has 110 valence electrons. The predicted molar refractivity (Wildman–Crippen MR) is 87.7 cm³/mol. The van der Waals surface area contributed by atoms with Gasteiger partial charge in [0.2, 0.25) is 0 Å². The van der Waals surface area contributed by atoms with Crippen molar-refractivity contribution in [2.75, 3.05) is 11.9 Å². The smallest absolute Gasteiger partial charge is 0.0885 e. The summed E-state index contributed by atoms with van der Waals surface area (Å²) in [6, 6.07) is 16.0. The summed E-state index contributed by atoms with van der Waals surface area (Å²) < 4.78 is 0. The normalized spacial score (nSPS) is 17.3. The zero-order chi connectivity index (χ0) is 14.9. The third-order valence-corrected chi connectivity index (χ3v) is 4.64. The van der Waals surface area contributed by atoms with Crippen LogP contribution < -0.4 is 5.32 Å². The molecule has 1 fully saturated rings. The lowest BCUT2D eigenvalue weighted by molar-refractivity contribution is 0.193. The summed E-state index contributed by atoms with van der Waals surface area (Å²) in [6.07, 6.45) is 2.28. The van der Waals surface area contributed by atoms with Crippen molar-refractivity contribution in [2.24, 2.45) is 5.92 Å². The second-order valence-electron chi connectivity index (χ2n) is 5.85. The number of benzene rings is 2. The molecule has 2 N–H and O–H groups in total. The maximum atomic E-state index is 10.2. The molecule has 0 radical (unpaired) electrons. The van der Waals surface area contributed by atoms with Gasteiger partial charge >= 0.3 is 0 Å². The van der Waals surface area contributed by atoms with Gasteiger partial charge < -0.3 is 10.4 Å². The minimum Gasteiger partial charge on any atom is -0.394 e.